The average molecular weight is 970 g/mol. The summed E-state index contributed by atoms with van der Waals surface area (Å²) in [6.07, 6.45) is 10.2. The fourth-order valence-corrected chi connectivity index (χ4v) is 9.22. The molecular formula is C50H59N13O8. The molecular weight excluding hydrogens is 911 g/mol. The van der Waals surface area contributed by atoms with Crippen LogP contribution in [0.5, 0.6) is 0 Å². The molecule has 8 amide bonds. The van der Waals surface area contributed by atoms with E-state index in [1.54, 1.807) is 47.5 Å². The van der Waals surface area contributed by atoms with Crippen molar-refractivity contribution in [2.75, 3.05) is 18.4 Å². The van der Waals surface area contributed by atoms with Gasteiger partial charge in [0.2, 0.25) is 17.7 Å². The van der Waals surface area contributed by atoms with Gasteiger partial charge in [-0.2, -0.15) is 5.10 Å². The van der Waals surface area contributed by atoms with E-state index in [0.717, 1.165) is 41.1 Å². The first-order chi connectivity index (χ1) is 34.1. The van der Waals surface area contributed by atoms with Crippen LogP contribution < -0.4 is 27.0 Å². The monoisotopic (exact) mass is 969 g/mol. The third-order valence-electron chi connectivity index (χ3n) is 13.2. The SMILES string of the molecule is Cc1cccc(-c2nc(CN(C(=O)OCc3ccc(NC(=O)C(CCCNC(N)=O)NC(=O)[C@@H](NC(=O)CCCCCN4C(=O)C=CC4=O)C(C)C)cc3)C34CC(C3)C4)[nH]c2-c2ccc3ncnn3c2)n1. The Morgan fingerprint density at radius 2 is 1.68 bits per heavy atom. The maximum absolute atomic E-state index is 14.0. The number of carbonyl (C=O) groups excluding carboxylic acids is 7. The van der Waals surface area contributed by atoms with Gasteiger partial charge in [-0.25, -0.2) is 24.1 Å². The van der Waals surface area contributed by atoms with Crippen molar-refractivity contribution in [2.24, 2.45) is 17.6 Å². The van der Waals surface area contributed by atoms with Crippen molar-refractivity contribution in [3.05, 3.63) is 96.4 Å². The number of primary amides is 1. The summed E-state index contributed by atoms with van der Waals surface area (Å²) in [5.41, 5.74) is 10.5. The Labute approximate surface area is 409 Å². The molecule has 0 spiro atoms. The minimum atomic E-state index is -1.05. The van der Waals surface area contributed by atoms with Crippen LogP contribution in [0.3, 0.4) is 0 Å². The summed E-state index contributed by atoms with van der Waals surface area (Å²) in [6, 6.07) is 13.7. The van der Waals surface area contributed by atoms with Gasteiger partial charge >= 0.3 is 12.1 Å². The highest BCUT2D eigenvalue weighted by molar-refractivity contribution is 6.12. The number of aromatic amines is 1. The molecule has 3 saturated carbocycles. The molecule has 1 unspecified atom stereocenters. The zero-order chi connectivity index (χ0) is 50.2. The van der Waals surface area contributed by atoms with E-state index in [9.17, 15) is 33.6 Å². The summed E-state index contributed by atoms with van der Waals surface area (Å²) in [5, 5.41) is 15.2. The van der Waals surface area contributed by atoms with E-state index in [1.807, 2.05) is 43.5 Å². The van der Waals surface area contributed by atoms with Gasteiger partial charge < -0.3 is 36.7 Å². The number of amides is 8. The molecule has 0 saturated heterocycles. The van der Waals surface area contributed by atoms with Crippen LogP contribution in [-0.4, -0.2) is 112 Å². The van der Waals surface area contributed by atoms with Crippen LogP contribution in [0.15, 0.2) is 79.3 Å². The van der Waals surface area contributed by atoms with Gasteiger partial charge in [-0.15, -0.1) is 0 Å². The molecule has 4 aromatic heterocycles. The number of pyridine rings is 2. The van der Waals surface area contributed by atoms with Gasteiger partial charge in [0.25, 0.3) is 11.8 Å². The molecule has 1 aromatic carbocycles. The van der Waals surface area contributed by atoms with Crippen molar-refractivity contribution in [1.29, 1.82) is 0 Å². The van der Waals surface area contributed by atoms with E-state index < -0.39 is 36.0 Å². The first-order valence-electron chi connectivity index (χ1n) is 24.0. The largest absolute Gasteiger partial charge is 0.445 e. The Morgan fingerprint density at radius 1 is 0.915 bits per heavy atom. The number of hydrogen-bond donors (Lipinski definition) is 6. The number of urea groups is 1. The number of benzene rings is 1. The van der Waals surface area contributed by atoms with Gasteiger partial charge in [0, 0.05) is 60.3 Å². The number of nitrogens with zero attached hydrogens (tertiary/aromatic N) is 7. The van der Waals surface area contributed by atoms with Crippen LogP contribution in [0.1, 0.15) is 88.7 Å². The summed E-state index contributed by atoms with van der Waals surface area (Å²) in [6.45, 7) is 6.06. The molecule has 2 bridgehead atoms. The average Bonchev–Trinajstić information content (AvgIpc) is 4.05. The highest BCUT2D eigenvalue weighted by Crippen LogP contribution is 2.61. The Bertz CT molecular complexity index is 2800. The number of imidazole rings is 1. The van der Waals surface area contributed by atoms with Crippen LogP contribution in [0, 0.1) is 18.8 Å². The zero-order valence-corrected chi connectivity index (χ0v) is 40.0. The Hall–Kier alpha value is -7.97. The number of carbonyl (C=O) groups is 7. The maximum atomic E-state index is 14.0. The van der Waals surface area contributed by atoms with Gasteiger partial charge in [0.15, 0.2) is 5.65 Å². The molecule has 2 atom stereocenters. The second kappa shape index (κ2) is 21.8. The van der Waals surface area contributed by atoms with Gasteiger partial charge in [-0.05, 0) is 106 Å². The predicted molar refractivity (Wildman–Crippen MR) is 259 cm³/mol. The lowest BCUT2D eigenvalue weighted by Crippen LogP contribution is -2.69. The first kappa shape index (κ1) is 49.5. The van der Waals surface area contributed by atoms with Crippen LogP contribution >= 0.6 is 0 Å². The number of H-pyrrole nitrogens is 1. The smallest absolute Gasteiger partial charge is 0.410 e. The Morgan fingerprint density at radius 3 is 2.37 bits per heavy atom. The number of aryl methyl sites for hydroxylation is 1. The number of imide groups is 1. The molecule has 7 N–H and O–H groups in total. The molecule has 21 heteroatoms. The maximum Gasteiger partial charge on any atom is 0.410 e. The molecule has 4 aliphatic rings. The number of fused-ring (bicyclic) bond motifs is 1. The normalized spacial score (nSPS) is 17.6. The number of unbranched alkanes of at least 4 members (excludes halogenated alkanes) is 2. The third-order valence-corrected chi connectivity index (χ3v) is 13.2. The summed E-state index contributed by atoms with van der Waals surface area (Å²) in [5.74, 6) is -1.30. The number of anilines is 1. The topological polar surface area (TPSA) is 281 Å². The number of hydrogen-bond acceptors (Lipinski definition) is 12. The summed E-state index contributed by atoms with van der Waals surface area (Å²) in [4.78, 5) is 110. The van der Waals surface area contributed by atoms with E-state index in [2.05, 4.69) is 36.3 Å². The van der Waals surface area contributed by atoms with Gasteiger partial charge in [0.1, 0.15) is 36.5 Å². The van der Waals surface area contributed by atoms with E-state index >= 15 is 0 Å². The molecule has 9 rings (SSSR count). The summed E-state index contributed by atoms with van der Waals surface area (Å²) >= 11 is 0. The fourth-order valence-electron chi connectivity index (χ4n) is 9.22. The second-order valence-corrected chi connectivity index (χ2v) is 18.8. The second-order valence-electron chi connectivity index (χ2n) is 18.8. The molecule has 5 heterocycles. The first-order valence-corrected chi connectivity index (χ1v) is 24.0. The van der Waals surface area contributed by atoms with Crippen LogP contribution in [0.2, 0.25) is 0 Å². The minimum Gasteiger partial charge on any atom is -0.445 e. The standard InChI is InChI=1S/C50H59N13O8/c1-30(2)43(60-40(64)12-5-4-6-22-61-41(65)19-20-42(61)66)47(68)57-37(11-8-21-52-48(51)69)46(67)56-35-16-13-32(14-17-35)28-71-49(70)62(50-23-33(24-50)25-50)27-38-58-44(34-15-18-39-53-29-54-63(39)26-34)45(59-38)36-10-7-9-31(3)55-36/h7,9-10,13-20,26,29-30,33,37,43H,4-6,8,11-12,21-25,27-28H2,1-3H3,(H,56,67)(H,57,68)(H,58,59)(H,60,64)(H3,51,52,69)/t33?,37?,43-,50?/m0/s1. The summed E-state index contributed by atoms with van der Waals surface area (Å²) in [7, 11) is 0. The molecule has 0 radical (unpaired) electrons. The quantitative estimate of drug-likeness (QED) is 0.0385. The molecule has 71 heavy (non-hydrogen) atoms. The fraction of sp³-hybridized carbons (Fsp3) is 0.420. The van der Waals surface area contributed by atoms with E-state index in [1.165, 1.54) is 18.5 Å². The van der Waals surface area contributed by atoms with E-state index in [0.29, 0.717) is 65.7 Å². The van der Waals surface area contributed by atoms with Crippen molar-refractivity contribution >= 4 is 53.0 Å². The van der Waals surface area contributed by atoms with Gasteiger partial charge in [-0.1, -0.05) is 38.5 Å². The Balaban J connectivity index is 0.875. The molecule has 1 aliphatic heterocycles. The molecule has 372 valence electrons. The lowest BCUT2D eigenvalue weighted by molar-refractivity contribution is -0.137. The predicted octanol–water partition coefficient (Wildman–Crippen LogP) is 4.68. The number of nitrogens with one attached hydrogen (secondary N) is 5. The zero-order valence-electron chi connectivity index (χ0n) is 40.0. The molecule has 3 fully saturated rings. The van der Waals surface area contributed by atoms with Crippen molar-refractivity contribution in [3.8, 4) is 22.6 Å². The van der Waals surface area contributed by atoms with Crippen LogP contribution in [0.25, 0.3) is 28.3 Å². The van der Waals surface area contributed by atoms with Crippen LogP contribution in [0.4, 0.5) is 15.3 Å². The van der Waals surface area contributed by atoms with Crippen molar-refractivity contribution in [3.63, 3.8) is 0 Å². The third kappa shape index (κ3) is 11.9. The van der Waals surface area contributed by atoms with Crippen molar-refractivity contribution < 1.29 is 38.3 Å². The van der Waals surface area contributed by atoms with E-state index in [-0.39, 0.29) is 68.3 Å². The number of aromatic nitrogens is 6. The number of nitrogens with two attached hydrogens (primary N) is 1. The number of ether oxygens (including phenoxy) is 1. The lowest BCUT2D eigenvalue weighted by atomic mass is 9.49. The molecule has 21 nitrogen and oxygen atoms in total. The summed E-state index contributed by atoms with van der Waals surface area (Å²) < 4.78 is 7.65. The van der Waals surface area contributed by atoms with E-state index in [4.69, 9.17) is 20.4 Å². The highest BCUT2D eigenvalue weighted by Gasteiger charge is 2.61. The van der Waals surface area contributed by atoms with Crippen molar-refractivity contribution in [1.82, 2.24) is 55.3 Å². The van der Waals surface area contributed by atoms with Crippen LogP contribution in [-0.2, 0) is 41.9 Å². The number of rotatable bonds is 23. The lowest BCUT2D eigenvalue weighted by Gasteiger charge is -2.65. The van der Waals surface area contributed by atoms with Crippen molar-refractivity contribution in [2.45, 2.75) is 109 Å². The molecule has 5 aromatic rings. The van der Waals surface area contributed by atoms with Gasteiger partial charge in [0.05, 0.1) is 17.9 Å². The van der Waals surface area contributed by atoms with Gasteiger partial charge in [-0.3, -0.25) is 38.8 Å². The molecule has 3 aliphatic carbocycles. The minimum absolute atomic E-state index is 0.0327. The highest BCUT2D eigenvalue weighted by atomic mass is 16.6. The Kier molecular flexibility index (Phi) is 15.2.